The number of alkyl halides is 1. The monoisotopic (exact) mass is 613 g/mol. The molecule has 0 spiro atoms. The number of nitrogen functional groups attached to an aromatic ring is 1. The third-order valence-electron chi connectivity index (χ3n) is 4.51. The van der Waals surface area contributed by atoms with E-state index in [4.69, 9.17) is 44.1 Å². The van der Waals surface area contributed by atoms with Crippen LogP contribution in [-0.4, -0.2) is 68.2 Å². The van der Waals surface area contributed by atoms with Crippen molar-refractivity contribution in [3.8, 4) is 11.3 Å². The molecule has 0 aromatic carbocycles. The third kappa shape index (κ3) is 6.21. The summed E-state index contributed by atoms with van der Waals surface area (Å²) in [5, 5.41) is 12.4. The van der Waals surface area contributed by atoms with Crippen molar-refractivity contribution in [3.05, 3.63) is 11.0 Å². The molecule has 3 heterocycles. The van der Waals surface area contributed by atoms with Crippen LogP contribution in [-0.2, 0) is 31.6 Å². The van der Waals surface area contributed by atoms with E-state index in [1.54, 1.807) is 5.38 Å². The van der Waals surface area contributed by atoms with Crippen LogP contribution in [0.3, 0.4) is 0 Å². The molecule has 2 aromatic heterocycles. The predicted molar refractivity (Wildman–Crippen MR) is 119 cm³/mol. The van der Waals surface area contributed by atoms with Crippen LogP contribution in [0.5, 0.6) is 0 Å². The Morgan fingerprint density at radius 2 is 1.97 bits per heavy atom. The summed E-state index contributed by atoms with van der Waals surface area (Å²) in [5.41, 5.74) is 2.61. The quantitative estimate of drug-likeness (QED) is 0.124. The van der Waals surface area contributed by atoms with E-state index in [-0.39, 0.29) is 21.8 Å². The number of nitrogens with one attached hydrogen (secondary N) is 1. The number of aliphatic hydroxyl groups excluding tert-OH is 1. The maximum Gasteiger partial charge on any atom is 0.490 e. The number of halogens is 2. The number of ether oxygens (including phenoxy) is 1. The summed E-state index contributed by atoms with van der Waals surface area (Å²) in [4.78, 5) is 46.7. The lowest BCUT2D eigenvalue weighted by Crippen LogP contribution is -2.44. The zero-order valence-corrected chi connectivity index (χ0v) is 21.7. The van der Waals surface area contributed by atoms with Gasteiger partial charge in [-0.2, -0.15) is 13.6 Å². The van der Waals surface area contributed by atoms with Crippen molar-refractivity contribution in [1.29, 1.82) is 0 Å². The number of H-pyrrole nitrogens is 1. The topological polar surface area (TPSA) is 262 Å². The van der Waals surface area contributed by atoms with Crippen LogP contribution in [0.25, 0.3) is 11.2 Å². The van der Waals surface area contributed by atoms with Crippen LogP contribution in [0.2, 0.25) is 0 Å². The molecule has 7 atom stereocenters. The van der Waals surface area contributed by atoms with Crippen LogP contribution in [0, 0.1) is 15.9 Å². The fourth-order valence-corrected chi connectivity index (χ4v) is 6.83. The number of fused-ring (bicyclic) bond motifs is 1. The first-order valence-corrected chi connectivity index (χ1v) is 14.4. The van der Waals surface area contributed by atoms with Gasteiger partial charge in [-0.25, -0.2) is 23.1 Å². The number of nitrogens with zero attached hydrogens (tertiary/aromatic N) is 3. The Morgan fingerprint density at radius 3 is 2.56 bits per heavy atom. The highest BCUT2D eigenvalue weighted by molar-refractivity contribution is 7.71. The SMILES string of the molecule is C[C@@H](OP(=O)(O)OP(=O)(O)OP(=O)(O)O)[C@H]1O[C@@H](n2cnc3c(=S)[nH]c(N)nc32)C(F)(C#CCl)[C@H]1O. The highest BCUT2D eigenvalue weighted by atomic mass is 35.5. The average molecular weight is 614 g/mol. The van der Waals surface area contributed by atoms with E-state index in [0.717, 1.165) is 17.8 Å². The summed E-state index contributed by atoms with van der Waals surface area (Å²) in [6.45, 7) is 0.974. The Labute approximate surface area is 209 Å². The summed E-state index contributed by atoms with van der Waals surface area (Å²) in [6, 6.07) is 0. The summed E-state index contributed by atoms with van der Waals surface area (Å²) < 4.78 is 68.8. The Balaban J connectivity index is 1.92. The fraction of sp³-hybridized carbons (Fsp3) is 0.462. The number of hydrogen-bond donors (Lipinski definition) is 7. The number of hydrogen-bond acceptors (Lipinski definition) is 12. The van der Waals surface area contributed by atoms with E-state index in [1.165, 1.54) is 0 Å². The standard InChI is InChI=1S/C13H16ClFN5O12P3S/c1-5(30-34(25,26)32-35(27,28)31-33(22,23)24)7-8(21)13(15,2-3-14)11(29-7)20-4-17-6-9(20)18-12(16)19-10(6)36/h4-5,7-8,11,21H,1H3,(H,25,26)(H,27,28)(H2,22,23,24)(H3,16,18,19,36)/t5-,7-,8+,11-,13?/m1/s1. The summed E-state index contributed by atoms with van der Waals surface area (Å²) >= 11 is 10.5. The molecule has 36 heavy (non-hydrogen) atoms. The molecule has 0 amide bonds. The van der Waals surface area contributed by atoms with Gasteiger partial charge in [0, 0.05) is 5.38 Å². The molecule has 3 unspecified atom stereocenters. The molecule has 2 aromatic rings. The van der Waals surface area contributed by atoms with Crippen molar-refractivity contribution in [2.75, 3.05) is 5.73 Å². The molecule has 1 saturated heterocycles. The summed E-state index contributed by atoms with van der Waals surface area (Å²) in [6.07, 6.45) is -6.67. The van der Waals surface area contributed by atoms with Crippen LogP contribution in [0.15, 0.2) is 6.33 Å². The van der Waals surface area contributed by atoms with Gasteiger partial charge in [0.1, 0.15) is 22.4 Å². The minimum absolute atomic E-state index is 0.0419. The molecule has 3 rings (SSSR count). The smallest absolute Gasteiger partial charge is 0.386 e. The first-order valence-electron chi connectivity index (χ1n) is 9.09. The highest BCUT2D eigenvalue weighted by Gasteiger charge is 2.60. The lowest BCUT2D eigenvalue weighted by Gasteiger charge is -2.25. The number of phosphoric ester groups is 1. The van der Waals surface area contributed by atoms with Crippen molar-refractivity contribution >= 4 is 64.4 Å². The van der Waals surface area contributed by atoms with Gasteiger partial charge in [0.25, 0.3) is 0 Å². The molecule has 0 bridgehead atoms. The van der Waals surface area contributed by atoms with Gasteiger partial charge in [-0.05, 0) is 24.4 Å². The maximum absolute atomic E-state index is 16.0. The van der Waals surface area contributed by atoms with Gasteiger partial charge in [-0.15, -0.1) is 0 Å². The van der Waals surface area contributed by atoms with E-state index in [9.17, 15) is 28.6 Å². The molecular weight excluding hydrogens is 598 g/mol. The van der Waals surface area contributed by atoms with E-state index in [0.29, 0.717) is 0 Å². The zero-order valence-electron chi connectivity index (χ0n) is 17.4. The Bertz CT molecular complexity index is 1440. The lowest BCUT2D eigenvalue weighted by atomic mass is 9.95. The van der Waals surface area contributed by atoms with Crippen molar-refractivity contribution in [2.45, 2.75) is 37.1 Å². The molecule has 1 aliphatic rings. The maximum atomic E-state index is 16.0. The highest BCUT2D eigenvalue weighted by Crippen LogP contribution is 2.66. The van der Waals surface area contributed by atoms with E-state index in [1.807, 2.05) is 5.92 Å². The molecule has 17 nitrogen and oxygen atoms in total. The van der Waals surface area contributed by atoms with Gasteiger partial charge in [0.15, 0.2) is 11.9 Å². The molecule has 0 saturated carbocycles. The van der Waals surface area contributed by atoms with Crippen LogP contribution < -0.4 is 5.73 Å². The Morgan fingerprint density at radius 1 is 1.33 bits per heavy atom. The minimum Gasteiger partial charge on any atom is -0.386 e. The van der Waals surface area contributed by atoms with Crippen molar-refractivity contribution in [2.24, 2.45) is 0 Å². The first kappa shape index (κ1) is 29.2. The molecule has 0 radical (unpaired) electrons. The number of nitrogens with two attached hydrogens (primary N) is 1. The second kappa shape index (κ2) is 10.1. The molecule has 23 heteroatoms. The van der Waals surface area contributed by atoms with E-state index >= 15 is 4.39 Å². The second-order valence-corrected chi connectivity index (χ2v) is 12.0. The number of anilines is 1. The zero-order chi connectivity index (χ0) is 27.3. The molecule has 200 valence electrons. The minimum atomic E-state index is -5.83. The fourth-order valence-electron chi connectivity index (χ4n) is 3.23. The molecule has 8 N–H and O–H groups in total. The largest absolute Gasteiger partial charge is 0.490 e. The second-order valence-electron chi connectivity index (χ2n) is 7.06. The van der Waals surface area contributed by atoms with Crippen molar-refractivity contribution < 1.29 is 60.6 Å². The van der Waals surface area contributed by atoms with Crippen molar-refractivity contribution in [1.82, 2.24) is 19.5 Å². The molecule has 0 aliphatic carbocycles. The van der Waals surface area contributed by atoms with Gasteiger partial charge in [0.05, 0.1) is 12.4 Å². The van der Waals surface area contributed by atoms with Gasteiger partial charge >= 0.3 is 23.5 Å². The number of aromatic nitrogens is 4. The molecular formula is C13H16ClFN5O12P3S. The normalized spacial score (nSPS) is 28.7. The Hall–Kier alpha value is -1.32. The Kier molecular flexibility index (Phi) is 8.20. The first-order chi connectivity index (χ1) is 16.4. The van der Waals surface area contributed by atoms with Crippen LogP contribution in [0.1, 0.15) is 13.2 Å². The van der Waals surface area contributed by atoms with Crippen LogP contribution >= 0.6 is 47.3 Å². The molecule has 1 fully saturated rings. The number of aromatic amines is 1. The number of phosphoric acid groups is 3. The number of aliphatic hydroxyl groups is 1. The predicted octanol–water partition coefficient (Wildman–Crippen LogP) is 0.969. The van der Waals surface area contributed by atoms with Crippen LogP contribution in [0.4, 0.5) is 10.3 Å². The molecule has 1 aliphatic heterocycles. The van der Waals surface area contributed by atoms with Crippen molar-refractivity contribution in [3.63, 3.8) is 0 Å². The number of rotatable bonds is 8. The lowest BCUT2D eigenvalue weighted by molar-refractivity contribution is -0.0754. The van der Waals surface area contributed by atoms with Gasteiger partial charge < -0.3 is 40.1 Å². The summed E-state index contributed by atoms with van der Waals surface area (Å²) in [7, 11) is -17.1. The summed E-state index contributed by atoms with van der Waals surface area (Å²) in [5.74, 6) is 1.77. The number of imidazole rings is 1. The third-order valence-corrected chi connectivity index (χ3v) is 8.82. The van der Waals surface area contributed by atoms with Gasteiger partial charge in [-0.3, -0.25) is 9.09 Å². The van der Waals surface area contributed by atoms with E-state index < -0.39 is 53.7 Å². The van der Waals surface area contributed by atoms with Gasteiger partial charge in [-0.1, -0.05) is 12.2 Å². The van der Waals surface area contributed by atoms with Gasteiger partial charge in [0.2, 0.25) is 11.6 Å². The average Bonchev–Trinajstić information content (AvgIpc) is 3.18. The van der Waals surface area contributed by atoms with E-state index in [2.05, 4.69) is 28.1 Å².